The van der Waals surface area contributed by atoms with Gasteiger partial charge in [-0.2, -0.15) is 0 Å². The van der Waals surface area contributed by atoms with Gasteiger partial charge >= 0.3 is 0 Å². The predicted molar refractivity (Wildman–Crippen MR) is 112 cm³/mol. The number of nitrogens with zero attached hydrogens (tertiary/aromatic N) is 2. The number of carbonyl (C=O) groups is 4. The lowest BCUT2D eigenvalue weighted by Gasteiger charge is -2.25. The van der Waals surface area contributed by atoms with Gasteiger partial charge in [0.1, 0.15) is 0 Å². The van der Waals surface area contributed by atoms with Crippen molar-refractivity contribution in [3.63, 3.8) is 0 Å². The van der Waals surface area contributed by atoms with Crippen molar-refractivity contribution in [2.45, 2.75) is 20.3 Å². The topological polar surface area (TPSA) is 128 Å². The first kappa shape index (κ1) is 31.8. The summed E-state index contributed by atoms with van der Waals surface area (Å²) in [6, 6.07) is 0. The highest BCUT2D eigenvalue weighted by atomic mass is 35.5. The van der Waals surface area contributed by atoms with Crippen LogP contribution in [0.3, 0.4) is 0 Å². The Hall–Kier alpha value is -2.34. The van der Waals surface area contributed by atoms with Crippen LogP contribution in [0.25, 0.3) is 0 Å². The molecule has 1 aliphatic heterocycles. The molecule has 0 aromatic heterocycles. The van der Waals surface area contributed by atoms with E-state index in [1.807, 2.05) is 42.3 Å². The number of rotatable bonds is 6. The molecule has 1 heterocycles. The van der Waals surface area contributed by atoms with Crippen LogP contribution < -0.4 is 51.8 Å². The van der Waals surface area contributed by atoms with E-state index in [-0.39, 0.29) is 56.1 Å². The molecule has 0 radical (unpaired) electrons. The van der Waals surface area contributed by atoms with E-state index in [0.717, 1.165) is 0 Å². The summed E-state index contributed by atoms with van der Waals surface area (Å²) in [6.45, 7) is 3.81. The van der Waals surface area contributed by atoms with Gasteiger partial charge in [-0.25, -0.2) is 0 Å². The number of nitrogens with one attached hydrogen (secondary N) is 5. The lowest BCUT2D eigenvalue weighted by atomic mass is 9.97. The minimum atomic E-state index is -0.512. The van der Waals surface area contributed by atoms with Crippen LogP contribution in [0.4, 0.5) is 0 Å². The number of dihydropyridines is 1. The fourth-order valence-electron chi connectivity index (χ4n) is 2.72. The van der Waals surface area contributed by atoms with E-state index in [2.05, 4.69) is 27.0 Å². The van der Waals surface area contributed by atoms with Gasteiger partial charge in [0.25, 0.3) is 23.6 Å². The Morgan fingerprint density at radius 3 is 1.28 bits per heavy atom. The van der Waals surface area contributed by atoms with Crippen molar-refractivity contribution in [1.82, 2.24) is 27.0 Å². The second kappa shape index (κ2) is 12.6. The minimum Gasteiger partial charge on any atom is -1.00 e. The largest absolute Gasteiger partial charge is 1.00 e. The summed E-state index contributed by atoms with van der Waals surface area (Å²) in [5, 5.41) is 3.00. The summed E-state index contributed by atoms with van der Waals surface area (Å²) in [4.78, 5) is 48.9. The van der Waals surface area contributed by atoms with Crippen LogP contribution in [-0.2, 0) is 19.2 Å². The number of carbonyl (C=O) groups excluding carboxylic acids is 4. The summed E-state index contributed by atoms with van der Waals surface area (Å²) >= 11 is 0. The minimum absolute atomic E-state index is 0. The zero-order valence-electron chi connectivity index (χ0n) is 19.9. The van der Waals surface area contributed by atoms with Crippen molar-refractivity contribution in [3.8, 4) is 0 Å². The molecule has 0 bridgehead atoms. The first-order chi connectivity index (χ1) is 13.6. The average Bonchev–Trinajstić information content (AvgIpc) is 2.54. The first-order valence-electron chi connectivity index (χ1n) is 9.55. The number of amides is 4. The number of allylic oxidation sites excluding steroid dienone is 2. The molecule has 11 nitrogen and oxygen atoms in total. The van der Waals surface area contributed by atoms with E-state index in [1.54, 1.807) is 13.8 Å². The zero-order valence-corrected chi connectivity index (χ0v) is 21.4. The van der Waals surface area contributed by atoms with E-state index in [1.165, 1.54) is 0 Å². The summed E-state index contributed by atoms with van der Waals surface area (Å²) in [7, 11) is 11.1. The maximum Gasteiger partial charge on any atom is 0.293 e. The van der Waals surface area contributed by atoms with E-state index >= 15 is 0 Å². The fraction of sp³-hybridized carbons (Fsp3) is 0.579. The number of quaternary nitrogens is 2. The predicted octanol–water partition coefficient (Wildman–Crippen LogP) is -7.76. The Labute approximate surface area is 202 Å². The van der Waals surface area contributed by atoms with Crippen LogP contribution >= 0.6 is 0 Å². The van der Waals surface area contributed by atoms with Gasteiger partial charge in [0.2, 0.25) is 0 Å². The van der Waals surface area contributed by atoms with E-state index in [4.69, 9.17) is 0 Å². The molecule has 0 aromatic rings. The quantitative estimate of drug-likeness (QED) is 0.184. The van der Waals surface area contributed by atoms with E-state index < -0.39 is 11.8 Å². The Kier molecular flexibility index (Phi) is 12.6. The summed E-state index contributed by atoms with van der Waals surface area (Å²) in [6.07, 6.45) is 0.0543. The molecule has 0 atom stereocenters. The molecule has 1 aliphatic rings. The van der Waals surface area contributed by atoms with Crippen molar-refractivity contribution in [2.75, 3.05) is 55.4 Å². The molecule has 4 amide bonds. The number of likely N-dealkylation sites (N-methyl/N-ethyl adjacent to an activating group) is 2. The normalized spacial score (nSPS) is 13.8. The first-order valence-corrected chi connectivity index (χ1v) is 9.55. The number of halogens is 2. The number of hydrogen-bond donors (Lipinski definition) is 5. The van der Waals surface area contributed by atoms with Gasteiger partial charge in [0.15, 0.2) is 13.1 Å². The molecule has 1 rings (SSSR count). The molecule has 0 fully saturated rings. The van der Waals surface area contributed by atoms with Gasteiger partial charge in [-0.3, -0.25) is 40.9 Å². The molecule has 0 aromatic carbocycles. The van der Waals surface area contributed by atoms with E-state index in [0.29, 0.717) is 31.5 Å². The van der Waals surface area contributed by atoms with Crippen molar-refractivity contribution >= 4 is 23.6 Å². The van der Waals surface area contributed by atoms with E-state index in [9.17, 15) is 19.2 Å². The Bertz CT molecular complexity index is 732. The van der Waals surface area contributed by atoms with Crippen LogP contribution in [0, 0.1) is 0 Å². The standard InChI is InChI=1S/C19H33N7O4.2ClH/c1-12-14(18(29)23-21-16(27)10-25(3,4)5)9-15(13(2)20-12)19(30)24-22-17(28)11-26(6,7)8;;/h9-11H2,1-8H3,(H3-2,20,21,22,23,24,27,28,29,30);2*1H. The van der Waals surface area contributed by atoms with Crippen LogP contribution in [-0.4, -0.2) is 88.0 Å². The van der Waals surface area contributed by atoms with Crippen LogP contribution in [0.15, 0.2) is 22.5 Å². The Morgan fingerprint density at radius 1 is 0.688 bits per heavy atom. The number of hydrogen-bond acceptors (Lipinski definition) is 5. The van der Waals surface area contributed by atoms with Crippen molar-refractivity contribution in [2.24, 2.45) is 0 Å². The molecule has 0 saturated heterocycles. The van der Waals surface area contributed by atoms with Gasteiger partial charge in [0.05, 0.1) is 42.3 Å². The molecule has 184 valence electrons. The second-order valence-corrected chi connectivity index (χ2v) is 9.41. The smallest absolute Gasteiger partial charge is 0.293 e. The summed E-state index contributed by atoms with van der Waals surface area (Å²) < 4.78 is 0.827. The maximum atomic E-state index is 12.5. The fourth-order valence-corrected chi connectivity index (χ4v) is 2.72. The summed E-state index contributed by atoms with van der Waals surface area (Å²) in [5.74, 6) is -1.69. The molecule has 13 heteroatoms. The average molecular weight is 496 g/mol. The molecule has 32 heavy (non-hydrogen) atoms. The molecule has 0 saturated carbocycles. The lowest BCUT2D eigenvalue weighted by molar-refractivity contribution is -0.862. The van der Waals surface area contributed by atoms with Crippen molar-refractivity contribution < 1.29 is 53.0 Å². The molecule has 0 aliphatic carbocycles. The van der Waals surface area contributed by atoms with Gasteiger partial charge < -0.3 is 39.1 Å². The van der Waals surface area contributed by atoms with Crippen LogP contribution in [0.1, 0.15) is 20.3 Å². The lowest BCUT2D eigenvalue weighted by Crippen LogP contribution is -3.00. The SMILES string of the molecule is CC1=C(C(=O)NNC(=O)C[N+](C)(C)C)CC(C(=O)NNC(=O)C[N+](C)(C)C)=C(C)N1.[Cl-].[Cl-]. The third kappa shape index (κ3) is 11.3. The van der Waals surface area contributed by atoms with Gasteiger partial charge in [-0.15, -0.1) is 0 Å². The Balaban J connectivity index is 0. The molecule has 5 N–H and O–H groups in total. The third-order valence-electron chi connectivity index (χ3n) is 4.05. The van der Waals surface area contributed by atoms with Crippen LogP contribution in [0.2, 0.25) is 0 Å². The second-order valence-electron chi connectivity index (χ2n) is 9.41. The van der Waals surface area contributed by atoms with Crippen LogP contribution in [0.5, 0.6) is 0 Å². The monoisotopic (exact) mass is 495 g/mol. The number of hydrazine groups is 2. The molecular weight excluding hydrogens is 461 g/mol. The van der Waals surface area contributed by atoms with Gasteiger partial charge in [-0.1, -0.05) is 0 Å². The highest BCUT2D eigenvalue weighted by molar-refractivity contribution is 6.01. The van der Waals surface area contributed by atoms with Gasteiger partial charge in [-0.05, 0) is 13.8 Å². The highest BCUT2D eigenvalue weighted by Crippen LogP contribution is 2.22. The summed E-state index contributed by atoms with van der Waals surface area (Å²) in [5.41, 5.74) is 11.3. The molecule has 0 unspecified atom stereocenters. The van der Waals surface area contributed by atoms with Crippen molar-refractivity contribution in [1.29, 1.82) is 0 Å². The van der Waals surface area contributed by atoms with Crippen molar-refractivity contribution in [3.05, 3.63) is 22.5 Å². The van der Waals surface area contributed by atoms with Gasteiger partial charge in [0, 0.05) is 29.0 Å². The third-order valence-corrected chi connectivity index (χ3v) is 4.05. The zero-order chi connectivity index (χ0) is 23.3. The highest BCUT2D eigenvalue weighted by Gasteiger charge is 2.26. The maximum absolute atomic E-state index is 12.5. The molecule has 0 spiro atoms. The Morgan fingerprint density at radius 2 is 1.00 bits per heavy atom. The molecular formula is C19H35Cl2N7O4.